The van der Waals surface area contributed by atoms with Crippen LogP contribution in [0.2, 0.25) is 0 Å². The molecule has 23 heavy (non-hydrogen) atoms. The van der Waals surface area contributed by atoms with Crippen molar-refractivity contribution in [3.63, 3.8) is 0 Å². The molecule has 3 rings (SSSR count). The Kier molecular flexibility index (Phi) is 4.50. The molecule has 0 unspecified atom stereocenters. The van der Waals surface area contributed by atoms with E-state index in [9.17, 15) is 9.59 Å². The van der Waals surface area contributed by atoms with E-state index in [0.717, 1.165) is 38.3 Å². The molecular weight excluding hydrogens is 290 g/mol. The number of rotatable bonds is 3. The van der Waals surface area contributed by atoms with Crippen molar-refractivity contribution in [2.75, 3.05) is 37.6 Å². The van der Waals surface area contributed by atoms with Crippen LogP contribution in [-0.4, -0.2) is 60.4 Å². The zero-order valence-electron chi connectivity index (χ0n) is 14.2. The molecule has 0 aromatic heterocycles. The quantitative estimate of drug-likeness (QED) is 0.794. The van der Waals surface area contributed by atoms with Crippen LogP contribution in [0.1, 0.15) is 24.5 Å². The number of benzene rings is 1. The number of aryl methyl sites for hydroxylation is 2. The molecule has 0 N–H and O–H groups in total. The fourth-order valence-electron chi connectivity index (χ4n) is 3.43. The maximum absolute atomic E-state index is 12.8. The molecule has 1 aromatic carbocycles. The van der Waals surface area contributed by atoms with Gasteiger partial charge in [0.1, 0.15) is 0 Å². The average Bonchev–Trinajstić information content (AvgIpc) is 2.85. The molecule has 2 fully saturated rings. The lowest BCUT2D eigenvalue weighted by atomic mass is 10.1. The minimum absolute atomic E-state index is 0.0665. The lowest BCUT2D eigenvalue weighted by Gasteiger charge is -2.36. The molecule has 2 aliphatic heterocycles. The molecule has 2 saturated heterocycles. The van der Waals surface area contributed by atoms with E-state index in [2.05, 4.69) is 16.7 Å². The summed E-state index contributed by atoms with van der Waals surface area (Å²) in [5, 5.41) is 0. The van der Waals surface area contributed by atoms with Crippen LogP contribution in [0.5, 0.6) is 0 Å². The molecule has 5 nitrogen and oxygen atoms in total. The molecule has 1 aromatic rings. The highest BCUT2D eigenvalue weighted by Gasteiger charge is 2.43. The Hall–Kier alpha value is -1.72. The van der Waals surface area contributed by atoms with Crippen molar-refractivity contribution < 1.29 is 9.59 Å². The minimum Gasteiger partial charge on any atom is -0.301 e. The molecule has 2 heterocycles. The third kappa shape index (κ3) is 3.03. The number of anilines is 1. The van der Waals surface area contributed by atoms with Gasteiger partial charge in [-0.3, -0.25) is 14.5 Å². The molecule has 0 radical (unpaired) electrons. The summed E-state index contributed by atoms with van der Waals surface area (Å²) in [5.41, 5.74) is 2.97. The Morgan fingerprint density at radius 1 is 1.04 bits per heavy atom. The van der Waals surface area contributed by atoms with Gasteiger partial charge < -0.3 is 4.90 Å². The Labute approximate surface area is 137 Å². The van der Waals surface area contributed by atoms with Crippen molar-refractivity contribution in [1.82, 2.24) is 9.80 Å². The zero-order valence-corrected chi connectivity index (χ0v) is 14.2. The number of piperazine rings is 1. The third-order valence-electron chi connectivity index (χ3n) is 5.17. The number of carbonyl (C=O) groups excluding carboxylic acids is 2. The van der Waals surface area contributed by atoms with Gasteiger partial charge in [0, 0.05) is 26.2 Å². The van der Waals surface area contributed by atoms with Crippen LogP contribution in [0.4, 0.5) is 5.69 Å². The van der Waals surface area contributed by atoms with Crippen molar-refractivity contribution >= 4 is 17.5 Å². The molecule has 5 heteroatoms. The smallest absolute Gasteiger partial charge is 0.251 e. The molecule has 2 amide bonds. The fraction of sp³-hybridized carbons (Fsp3) is 0.556. The second-order valence-corrected chi connectivity index (χ2v) is 6.53. The van der Waals surface area contributed by atoms with E-state index < -0.39 is 0 Å². The molecular formula is C18H25N3O2. The Bertz CT molecular complexity index is 621. The van der Waals surface area contributed by atoms with Crippen LogP contribution in [0, 0.1) is 13.8 Å². The minimum atomic E-state index is -0.289. The average molecular weight is 315 g/mol. The SMILES string of the molecule is CCN1CCN([C@H]2CC(=O)N(c3ccc(C)c(C)c3)C2=O)CC1. The predicted octanol–water partition coefficient (Wildman–Crippen LogP) is 1.57. The monoisotopic (exact) mass is 315 g/mol. The van der Waals surface area contributed by atoms with Crippen molar-refractivity contribution in [2.24, 2.45) is 0 Å². The summed E-state index contributed by atoms with van der Waals surface area (Å²) in [5.74, 6) is -0.149. The van der Waals surface area contributed by atoms with Crippen LogP contribution >= 0.6 is 0 Å². The summed E-state index contributed by atoms with van der Waals surface area (Å²) in [7, 11) is 0. The normalized spacial score (nSPS) is 23.8. The van der Waals surface area contributed by atoms with E-state index in [1.165, 1.54) is 10.5 Å². The topological polar surface area (TPSA) is 43.9 Å². The van der Waals surface area contributed by atoms with E-state index in [0.29, 0.717) is 12.1 Å². The van der Waals surface area contributed by atoms with Gasteiger partial charge in [0.25, 0.3) is 5.91 Å². The Morgan fingerprint density at radius 3 is 2.35 bits per heavy atom. The second kappa shape index (κ2) is 6.42. The molecule has 0 saturated carbocycles. The van der Waals surface area contributed by atoms with Crippen molar-refractivity contribution in [2.45, 2.75) is 33.2 Å². The third-order valence-corrected chi connectivity index (χ3v) is 5.17. The number of nitrogens with zero attached hydrogens (tertiary/aromatic N) is 3. The Balaban J connectivity index is 1.76. The number of hydrogen-bond donors (Lipinski definition) is 0. The van der Waals surface area contributed by atoms with Gasteiger partial charge >= 0.3 is 0 Å². The van der Waals surface area contributed by atoms with Crippen LogP contribution in [-0.2, 0) is 9.59 Å². The number of hydrogen-bond acceptors (Lipinski definition) is 4. The molecule has 2 aliphatic rings. The van der Waals surface area contributed by atoms with Crippen molar-refractivity contribution in [1.29, 1.82) is 0 Å². The molecule has 0 aliphatic carbocycles. The first kappa shape index (κ1) is 16.1. The van der Waals surface area contributed by atoms with E-state index >= 15 is 0 Å². The highest BCUT2D eigenvalue weighted by Crippen LogP contribution is 2.27. The largest absolute Gasteiger partial charge is 0.301 e. The van der Waals surface area contributed by atoms with E-state index in [4.69, 9.17) is 0 Å². The van der Waals surface area contributed by atoms with Gasteiger partial charge in [-0.15, -0.1) is 0 Å². The molecule has 0 spiro atoms. The summed E-state index contributed by atoms with van der Waals surface area (Å²) in [6.07, 6.45) is 0.303. The van der Waals surface area contributed by atoms with Gasteiger partial charge in [-0.05, 0) is 43.7 Å². The standard InChI is InChI=1S/C18H25N3O2/c1-4-19-7-9-20(10-8-19)16-12-17(22)21(18(16)23)15-6-5-13(2)14(3)11-15/h5-6,11,16H,4,7-10,12H2,1-3H3/t16-/m0/s1. The summed E-state index contributed by atoms with van der Waals surface area (Å²) >= 11 is 0. The molecule has 0 bridgehead atoms. The number of carbonyl (C=O) groups is 2. The lowest BCUT2D eigenvalue weighted by molar-refractivity contribution is -0.123. The van der Waals surface area contributed by atoms with Crippen LogP contribution in [0.15, 0.2) is 18.2 Å². The van der Waals surface area contributed by atoms with E-state index in [1.54, 1.807) is 0 Å². The zero-order chi connectivity index (χ0) is 16.6. The van der Waals surface area contributed by atoms with Crippen LogP contribution in [0.25, 0.3) is 0 Å². The van der Waals surface area contributed by atoms with Crippen LogP contribution in [0.3, 0.4) is 0 Å². The second-order valence-electron chi connectivity index (χ2n) is 6.53. The number of likely N-dealkylation sites (N-methyl/N-ethyl adjacent to an activating group) is 1. The van der Waals surface area contributed by atoms with Crippen LogP contribution < -0.4 is 4.90 Å². The number of amides is 2. The highest BCUT2D eigenvalue weighted by molar-refractivity contribution is 6.22. The summed E-state index contributed by atoms with van der Waals surface area (Å²) in [4.78, 5) is 31.2. The van der Waals surface area contributed by atoms with E-state index in [1.807, 2.05) is 32.0 Å². The lowest BCUT2D eigenvalue weighted by Crippen LogP contribution is -2.52. The summed E-state index contributed by atoms with van der Waals surface area (Å²) in [6.45, 7) is 10.9. The van der Waals surface area contributed by atoms with Crippen molar-refractivity contribution in [3.05, 3.63) is 29.3 Å². The fourth-order valence-corrected chi connectivity index (χ4v) is 3.43. The molecule has 124 valence electrons. The number of imide groups is 1. The summed E-state index contributed by atoms with van der Waals surface area (Å²) in [6, 6.07) is 5.49. The van der Waals surface area contributed by atoms with Gasteiger partial charge in [-0.2, -0.15) is 0 Å². The van der Waals surface area contributed by atoms with Gasteiger partial charge in [0.2, 0.25) is 5.91 Å². The first-order chi connectivity index (χ1) is 11.0. The van der Waals surface area contributed by atoms with Gasteiger partial charge in [0.05, 0.1) is 18.2 Å². The first-order valence-corrected chi connectivity index (χ1v) is 8.41. The van der Waals surface area contributed by atoms with Gasteiger partial charge in [-0.25, -0.2) is 4.90 Å². The van der Waals surface area contributed by atoms with Crippen molar-refractivity contribution in [3.8, 4) is 0 Å². The van der Waals surface area contributed by atoms with Gasteiger partial charge in [0.15, 0.2) is 0 Å². The maximum Gasteiger partial charge on any atom is 0.251 e. The highest BCUT2D eigenvalue weighted by atomic mass is 16.2. The summed E-state index contributed by atoms with van der Waals surface area (Å²) < 4.78 is 0. The predicted molar refractivity (Wildman–Crippen MR) is 90.5 cm³/mol. The molecule has 1 atom stereocenters. The van der Waals surface area contributed by atoms with E-state index in [-0.39, 0.29) is 17.9 Å². The maximum atomic E-state index is 12.8. The Morgan fingerprint density at radius 2 is 1.74 bits per heavy atom. The first-order valence-electron chi connectivity index (χ1n) is 8.41. The van der Waals surface area contributed by atoms with Gasteiger partial charge in [-0.1, -0.05) is 13.0 Å².